The van der Waals surface area contributed by atoms with Crippen LogP contribution in [-0.2, 0) is 19.1 Å². The Hall–Kier alpha value is -2.99. The first-order valence-electron chi connectivity index (χ1n) is 8.26. The van der Waals surface area contributed by atoms with Gasteiger partial charge >= 0.3 is 11.9 Å². The Kier molecular flexibility index (Phi) is 6.70. The Morgan fingerprint density at radius 3 is 2.61 bits per heavy atom. The molecule has 1 atom stereocenters. The molecule has 0 aromatic heterocycles. The average Bonchev–Trinajstić information content (AvgIpc) is 2.62. The lowest BCUT2D eigenvalue weighted by Crippen LogP contribution is -2.25. The lowest BCUT2D eigenvalue weighted by Gasteiger charge is -2.27. The SMILES string of the molecule is CCOC(=O)C1=C(C)OC(N)=C(C#N)C1c1cc(Br)c(OC(C)=O)c(OC)c1. The number of allylic oxidation sites excluding steroid dienone is 2. The predicted molar refractivity (Wildman–Crippen MR) is 102 cm³/mol. The van der Waals surface area contributed by atoms with Gasteiger partial charge in [-0.05, 0) is 47.5 Å². The summed E-state index contributed by atoms with van der Waals surface area (Å²) < 4.78 is 21.4. The fraction of sp³-hybridized carbons (Fsp3) is 0.316. The molecule has 0 saturated carbocycles. The number of nitrogens with two attached hydrogens (primary N) is 1. The third-order valence-corrected chi connectivity index (χ3v) is 4.52. The van der Waals surface area contributed by atoms with Gasteiger partial charge in [-0.1, -0.05) is 0 Å². The molecule has 0 bridgehead atoms. The van der Waals surface area contributed by atoms with E-state index in [1.54, 1.807) is 26.0 Å². The van der Waals surface area contributed by atoms with Crippen molar-refractivity contribution in [1.82, 2.24) is 0 Å². The maximum Gasteiger partial charge on any atom is 0.338 e. The number of halogens is 1. The van der Waals surface area contributed by atoms with Gasteiger partial charge in [0.1, 0.15) is 17.4 Å². The fourth-order valence-electron chi connectivity index (χ4n) is 2.84. The zero-order valence-corrected chi connectivity index (χ0v) is 17.4. The van der Waals surface area contributed by atoms with Gasteiger partial charge in [0, 0.05) is 6.92 Å². The summed E-state index contributed by atoms with van der Waals surface area (Å²) in [6.45, 7) is 4.66. The van der Waals surface area contributed by atoms with E-state index in [0.717, 1.165) is 0 Å². The van der Waals surface area contributed by atoms with E-state index >= 15 is 0 Å². The van der Waals surface area contributed by atoms with E-state index in [4.69, 9.17) is 24.7 Å². The molecule has 1 aliphatic heterocycles. The van der Waals surface area contributed by atoms with E-state index < -0.39 is 17.9 Å². The number of ether oxygens (including phenoxy) is 4. The molecule has 148 valence electrons. The van der Waals surface area contributed by atoms with Crippen molar-refractivity contribution in [3.05, 3.63) is 45.0 Å². The van der Waals surface area contributed by atoms with Gasteiger partial charge in [-0.3, -0.25) is 4.79 Å². The molecule has 0 fully saturated rings. The average molecular weight is 451 g/mol. The van der Waals surface area contributed by atoms with Gasteiger partial charge in [0.15, 0.2) is 11.5 Å². The lowest BCUT2D eigenvalue weighted by molar-refractivity contribution is -0.139. The number of methoxy groups -OCH3 is 1. The molecule has 9 heteroatoms. The first-order chi connectivity index (χ1) is 13.2. The van der Waals surface area contributed by atoms with Crippen LogP contribution in [0.5, 0.6) is 11.5 Å². The van der Waals surface area contributed by atoms with Crippen LogP contribution in [-0.4, -0.2) is 25.7 Å². The Labute approximate surface area is 170 Å². The highest BCUT2D eigenvalue weighted by Gasteiger charge is 2.37. The van der Waals surface area contributed by atoms with Crippen molar-refractivity contribution in [1.29, 1.82) is 5.26 Å². The van der Waals surface area contributed by atoms with Crippen LogP contribution in [0.1, 0.15) is 32.3 Å². The molecule has 0 saturated heterocycles. The van der Waals surface area contributed by atoms with Crippen LogP contribution in [0, 0.1) is 11.3 Å². The fourth-order valence-corrected chi connectivity index (χ4v) is 3.38. The number of benzene rings is 1. The molecule has 28 heavy (non-hydrogen) atoms. The summed E-state index contributed by atoms with van der Waals surface area (Å²) in [6, 6.07) is 5.18. The van der Waals surface area contributed by atoms with E-state index in [1.807, 2.05) is 6.07 Å². The van der Waals surface area contributed by atoms with Gasteiger partial charge < -0.3 is 24.7 Å². The zero-order chi connectivity index (χ0) is 21.0. The first kappa shape index (κ1) is 21.3. The third-order valence-electron chi connectivity index (χ3n) is 3.93. The molecule has 2 rings (SSSR count). The summed E-state index contributed by atoms with van der Waals surface area (Å²) in [4.78, 5) is 23.9. The van der Waals surface area contributed by atoms with E-state index in [1.165, 1.54) is 14.0 Å². The van der Waals surface area contributed by atoms with Crippen LogP contribution < -0.4 is 15.2 Å². The number of rotatable bonds is 5. The van der Waals surface area contributed by atoms with Crippen molar-refractivity contribution in [2.24, 2.45) is 5.73 Å². The van der Waals surface area contributed by atoms with Crippen molar-refractivity contribution in [3.63, 3.8) is 0 Å². The summed E-state index contributed by atoms with van der Waals surface area (Å²) in [5.74, 6) is -1.43. The van der Waals surface area contributed by atoms with Crippen LogP contribution >= 0.6 is 15.9 Å². The minimum absolute atomic E-state index is 0.0582. The van der Waals surface area contributed by atoms with E-state index in [9.17, 15) is 14.9 Å². The van der Waals surface area contributed by atoms with Crippen molar-refractivity contribution < 1.29 is 28.5 Å². The minimum atomic E-state index is -0.839. The second-order valence-corrected chi connectivity index (χ2v) is 6.60. The molecule has 1 heterocycles. The minimum Gasteiger partial charge on any atom is -0.493 e. The van der Waals surface area contributed by atoms with Crippen LogP contribution in [0.2, 0.25) is 0 Å². The smallest absolute Gasteiger partial charge is 0.338 e. The molecule has 0 aliphatic carbocycles. The topological polar surface area (TPSA) is 121 Å². The van der Waals surface area contributed by atoms with Gasteiger partial charge in [0.2, 0.25) is 5.88 Å². The van der Waals surface area contributed by atoms with Crippen LogP contribution in [0.4, 0.5) is 0 Å². The lowest BCUT2D eigenvalue weighted by atomic mass is 9.83. The molecule has 8 nitrogen and oxygen atoms in total. The zero-order valence-electron chi connectivity index (χ0n) is 15.8. The molecule has 0 spiro atoms. The second kappa shape index (κ2) is 8.80. The number of nitrogens with zero attached hydrogens (tertiary/aromatic N) is 1. The van der Waals surface area contributed by atoms with Gasteiger partial charge in [-0.2, -0.15) is 5.26 Å². The molecule has 2 N–H and O–H groups in total. The monoisotopic (exact) mass is 450 g/mol. The van der Waals surface area contributed by atoms with Gasteiger partial charge in [-0.15, -0.1) is 0 Å². The molecule has 0 radical (unpaired) electrons. The summed E-state index contributed by atoms with van der Waals surface area (Å²) in [6.07, 6.45) is 0. The van der Waals surface area contributed by atoms with E-state index in [-0.39, 0.29) is 40.9 Å². The maximum absolute atomic E-state index is 12.6. The number of carbonyl (C=O) groups excluding carboxylic acids is 2. The first-order valence-corrected chi connectivity index (χ1v) is 9.05. The van der Waals surface area contributed by atoms with Gasteiger partial charge in [0.25, 0.3) is 0 Å². The van der Waals surface area contributed by atoms with Crippen molar-refractivity contribution in [3.8, 4) is 17.6 Å². The summed E-state index contributed by atoms with van der Waals surface area (Å²) in [5.41, 5.74) is 6.60. The second-order valence-electron chi connectivity index (χ2n) is 5.74. The number of hydrogen-bond acceptors (Lipinski definition) is 8. The number of carbonyl (C=O) groups is 2. The quantitative estimate of drug-likeness (QED) is 0.536. The molecular formula is C19H19BrN2O6. The Morgan fingerprint density at radius 2 is 2.07 bits per heavy atom. The van der Waals surface area contributed by atoms with Crippen molar-refractivity contribution >= 4 is 27.9 Å². The molecule has 0 amide bonds. The Morgan fingerprint density at radius 1 is 1.39 bits per heavy atom. The normalized spacial score (nSPS) is 16.2. The molecule has 1 aromatic carbocycles. The van der Waals surface area contributed by atoms with Crippen LogP contribution in [0.15, 0.2) is 39.4 Å². The van der Waals surface area contributed by atoms with E-state index in [0.29, 0.717) is 10.0 Å². The summed E-state index contributed by atoms with van der Waals surface area (Å²) in [7, 11) is 1.41. The highest BCUT2D eigenvalue weighted by atomic mass is 79.9. The van der Waals surface area contributed by atoms with Gasteiger partial charge in [0.05, 0.1) is 29.7 Å². The predicted octanol–water partition coefficient (Wildman–Crippen LogP) is 3.03. The molecule has 1 aliphatic rings. The maximum atomic E-state index is 12.6. The molecular weight excluding hydrogens is 432 g/mol. The summed E-state index contributed by atoms with van der Waals surface area (Å²) >= 11 is 3.34. The van der Waals surface area contributed by atoms with Gasteiger partial charge in [-0.25, -0.2) is 4.79 Å². The molecule has 1 aromatic rings. The van der Waals surface area contributed by atoms with Crippen LogP contribution in [0.3, 0.4) is 0 Å². The largest absolute Gasteiger partial charge is 0.493 e. The highest BCUT2D eigenvalue weighted by molar-refractivity contribution is 9.10. The Balaban J connectivity index is 2.71. The Bertz CT molecular complexity index is 929. The highest BCUT2D eigenvalue weighted by Crippen LogP contribution is 2.45. The van der Waals surface area contributed by atoms with Crippen molar-refractivity contribution in [2.45, 2.75) is 26.7 Å². The van der Waals surface area contributed by atoms with Crippen molar-refractivity contribution in [2.75, 3.05) is 13.7 Å². The number of hydrogen-bond donors (Lipinski definition) is 1. The third kappa shape index (κ3) is 4.12. The number of nitriles is 1. The standard InChI is InChI=1S/C19H19BrN2O6/c1-5-26-19(24)15-9(2)27-18(22)12(8-21)16(15)11-6-13(20)17(28-10(3)23)14(7-11)25-4/h6-7,16H,5,22H2,1-4H3. The van der Waals surface area contributed by atoms with Crippen LogP contribution in [0.25, 0.3) is 0 Å². The van der Waals surface area contributed by atoms with E-state index in [2.05, 4.69) is 15.9 Å². The summed E-state index contributed by atoms with van der Waals surface area (Å²) in [5, 5.41) is 9.62. The number of esters is 2. The molecule has 1 unspecified atom stereocenters.